The molecule has 96 valence electrons. The zero-order valence-corrected chi connectivity index (χ0v) is 10.2. The number of nitrogen functional groups attached to an aromatic ring is 1. The number of carbonyl (C=O) groups excluding carboxylic acids is 1. The van der Waals surface area contributed by atoms with Gasteiger partial charge in [0.15, 0.2) is 5.65 Å². The summed E-state index contributed by atoms with van der Waals surface area (Å²) in [6, 6.07) is 0. The highest BCUT2D eigenvalue weighted by atomic mass is 16.1. The van der Waals surface area contributed by atoms with E-state index < -0.39 is 11.4 Å². The van der Waals surface area contributed by atoms with E-state index in [2.05, 4.69) is 25.5 Å². The zero-order chi connectivity index (χ0) is 13.3. The summed E-state index contributed by atoms with van der Waals surface area (Å²) in [6.45, 7) is 3.70. The maximum atomic E-state index is 11.0. The molecule has 0 saturated carbocycles. The van der Waals surface area contributed by atoms with Crippen LogP contribution in [0.2, 0.25) is 0 Å². The topological polar surface area (TPSA) is 136 Å². The van der Waals surface area contributed by atoms with Crippen LogP contribution in [0, 0.1) is 0 Å². The second-order valence-electron chi connectivity index (χ2n) is 4.71. The predicted molar refractivity (Wildman–Crippen MR) is 67.6 cm³/mol. The molecule has 0 saturated heterocycles. The maximum Gasteiger partial charge on any atom is 0.224 e. The molecule has 0 aliphatic rings. The molecule has 0 unspecified atom stereocenters. The Morgan fingerprint density at radius 3 is 2.89 bits per heavy atom. The number of hydrogen-bond donors (Lipinski definition) is 4. The molecule has 0 spiro atoms. The van der Waals surface area contributed by atoms with Gasteiger partial charge in [0.1, 0.15) is 5.82 Å². The molecule has 6 N–H and O–H groups in total. The lowest BCUT2D eigenvalue weighted by Crippen LogP contribution is -2.36. The molecule has 2 aromatic rings. The number of aromatic nitrogens is 4. The van der Waals surface area contributed by atoms with E-state index >= 15 is 0 Å². The van der Waals surface area contributed by atoms with E-state index in [4.69, 9.17) is 11.5 Å². The van der Waals surface area contributed by atoms with Crippen molar-refractivity contribution in [3.8, 4) is 0 Å². The third-order valence-corrected chi connectivity index (χ3v) is 2.40. The molecule has 0 radical (unpaired) electrons. The van der Waals surface area contributed by atoms with Crippen LogP contribution in [0.4, 0.5) is 11.8 Å². The second-order valence-corrected chi connectivity index (χ2v) is 4.71. The van der Waals surface area contributed by atoms with Gasteiger partial charge in [-0.2, -0.15) is 15.1 Å². The number of fused-ring (bicyclic) bond motifs is 1. The van der Waals surface area contributed by atoms with Crippen molar-refractivity contribution in [1.29, 1.82) is 0 Å². The Morgan fingerprint density at radius 1 is 1.50 bits per heavy atom. The van der Waals surface area contributed by atoms with Crippen LogP contribution in [0.1, 0.15) is 20.3 Å². The summed E-state index contributed by atoms with van der Waals surface area (Å²) in [7, 11) is 0. The summed E-state index contributed by atoms with van der Waals surface area (Å²) < 4.78 is 0. The molecule has 0 bridgehead atoms. The molecule has 2 heterocycles. The summed E-state index contributed by atoms with van der Waals surface area (Å²) in [5.74, 6) is 0.264. The number of rotatable bonds is 4. The van der Waals surface area contributed by atoms with Gasteiger partial charge in [-0.15, -0.1) is 0 Å². The third kappa shape index (κ3) is 2.47. The van der Waals surface area contributed by atoms with Crippen molar-refractivity contribution in [1.82, 2.24) is 20.2 Å². The monoisotopic (exact) mass is 249 g/mol. The van der Waals surface area contributed by atoms with Gasteiger partial charge in [0, 0.05) is 12.0 Å². The van der Waals surface area contributed by atoms with E-state index in [1.54, 1.807) is 6.20 Å². The normalized spacial score (nSPS) is 11.7. The summed E-state index contributed by atoms with van der Waals surface area (Å²) in [5, 5.41) is 10.4. The molecule has 18 heavy (non-hydrogen) atoms. The highest BCUT2D eigenvalue weighted by molar-refractivity contribution is 5.87. The first-order chi connectivity index (χ1) is 8.37. The van der Waals surface area contributed by atoms with Crippen molar-refractivity contribution in [2.45, 2.75) is 25.8 Å². The van der Waals surface area contributed by atoms with Crippen molar-refractivity contribution in [2.24, 2.45) is 5.73 Å². The number of H-pyrrole nitrogens is 1. The van der Waals surface area contributed by atoms with Crippen LogP contribution in [0.3, 0.4) is 0 Å². The Labute approximate surface area is 103 Å². The molecule has 0 aliphatic heterocycles. The van der Waals surface area contributed by atoms with Crippen LogP contribution in [0.15, 0.2) is 6.20 Å². The fraction of sp³-hybridized carbons (Fsp3) is 0.400. The minimum Gasteiger partial charge on any atom is -0.370 e. The average molecular weight is 249 g/mol. The Hall–Kier alpha value is -2.38. The third-order valence-electron chi connectivity index (χ3n) is 2.40. The number of nitrogens with one attached hydrogen (secondary N) is 2. The van der Waals surface area contributed by atoms with E-state index in [0.29, 0.717) is 16.9 Å². The lowest BCUT2D eigenvalue weighted by molar-refractivity contribution is -0.118. The van der Waals surface area contributed by atoms with Gasteiger partial charge in [-0.25, -0.2) is 0 Å². The molecule has 0 aliphatic carbocycles. The van der Waals surface area contributed by atoms with Crippen molar-refractivity contribution in [3.63, 3.8) is 0 Å². The molecule has 0 fully saturated rings. The lowest BCUT2D eigenvalue weighted by atomic mass is 10.0. The minimum atomic E-state index is -0.531. The summed E-state index contributed by atoms with van der Waals surface area (Å²) in [6.07, 6.45) is 1.77. The Balaban J connectivity index is 2.36. The first-order valence-corrected chi connectivity index (χ1v) is 5.40. The summed E-state index contributed by atoms with van der Waals surface area (Å²) in [4.78, 5) is 19.1. The highest BCUT2D eigenvalue weighted by Crippen LogP contribution is 2.23. The second kappa shape index (κ2) is 4.13. The van der Waals surface area contributed by atoms with Crippen molar-refractivity contribution in [2.75, 3.05) is 11.1 Å². The number of hydrogen-bond acceptors (Lipinski definition) is 6. The largest absolute Gasteiger partial charge is 0.370 e. The zero-order valence-electron chi connectivity index (χ0n) is 10.2. The quantitative estimate of drug-likeness (QED) is 0.602. The molecular weight excluding hydrogens is 234 g/mol. The van der Waals surface area contributed by atoms with Gasteiger partial charge >= 0.3 is 0 Å². The fourth-order valence-electron chi connectivity index (χ4n) is 1.75. The molecular formula is C10H15N7O. The number of primary amides is 1. The molecule has 1 amide bonds. The van der Waals surface area contributed by atoms with Crippen LogP contribution in [0.25, 0.3) is 11.0 Å². The van der Waals surface area contributed by atoms with Crippen molar-refractivity contribution in [3.05, 3.63) is 6.20 Å². The molecule has 2 aromatic heterocycles. The number of nitrogens with two attached hydrogens (primary N) is 2. The first-order valence-electron chi connectivity index (χ1n) is 5.40. The summed E-state index contributed by atoms with van der Waals surface area (Å²) in [5.41, 5.74) is 10.8. The summed E-state index contributed by atoms with van der Waals surface area (Å²) >= 11 is 0. The molecule has 0 aromatic carbocycles. The molecule has 0 atom stereocenters. The molecule has 2 rings (SSSR count). The van der Waals surface area contributed by atoms with E-state index in [-0.39, 0.29) is 12.4 Å². The fourth-order valence-corrected chi connectivity index (χ4v) is 1.75. The Morgan fingerprint density at radius 2 is 2.22 bits per heavy atom. The lowest BCUT2D eigenvalue weighted by Gasteiger charge is -2.25. The van der Waals surface area contributed by atoms with E-state index in [0.717, 1.165) is 0 Å². The van der Waals surface area contributed by atoms with Crippen LogP contribution < -0.4 is 16.8 Å². The van der Waals surface area contributed by atoms with Crippen LogP contribution in [-0.4, -0.2) is 31.6 Å². The van der Waals surface area contributed by atoms with E-state index in [1.807, 2.05) is 13.8 Å². The van der Waals surface area contributed by atoms with Gasteiger partial charge in [0.25, 0.3) is 0 Å². The number of aromatic amines is 1. The van der Waals surface area contributed by atoms with Gasteiger partial charge in [-0.1, -0.05) is 0 Å². The minimum absolute atomic E-state index is 0.129. The van der Waals surface area contributed by atoms with E-state index in [9.17, 15) is 4.79 Å². The SMILES string of the molecule is CC(C)(CC(N)=O)Nc1nc(N)nc2[nH]ncc12. The van der Waals surface area contributed by atoms with Gasteiger partial charge in [0.2, 0.25) is 11.9 Å². The average Bonchev–Trinajstić information content (AvgIpc) is 2.61. The Bertz CT molecular complexity index is 589. The van der Waals surface area contributed by atoms with Crippen LogP contribution >= 0.6 is 0 Å². The van der Waals surface area contributed by atoms with Gasteiger partial charge in [-0.05, 0) is 13.8 Å². The van der Waals surface area contributed by atoms with Crippen LogP contribution in [-0.2, 0) is 4.79 Å². The van der Waals surface area contributed by atoms with Gasteiger partial charge in [-0.3, -0.25) is 9.89 Å². The molecule has 8 nitrogen and oxygen atoms in total. The van der Waals surface area contributed by atoms with Gasteiger partial charge in [0.05, 0.1) is 11.6 Å². The van der Waals surface area contributed by atoms with Crippen molar-refractivity contribution < 1.29 is 4.79 Å². The van der Waals surface area contributed by atoms with Gasteiger partial charge < -0.3 is 16.8 Å². The van der Waals surface area contributed by atoms with Crippen molar-refractivity contribution >= 4 is 28.7 Å². The van der Waals surface area contributed by atoms with E-state index in [1.165, 1.54) is 0 Å². The predicted octanol–water partition coefficient (Wildman–Crippen LogP) is 0.00100. The number of anilines is 2. The highest BCUT2D eigenvalue weighted by Gasteiger charge is 2.22. The first kappa shape index (κ1) is 12.1. The number of nitrogens with zero attached hydrogens (tertiary/aromatic N) is 3. The smallest absolute Gasteiger partial charge is 0.224 e. The number of carbonyl (C=O) groups is 1. The Kier molecular flexibility index (Phi) is 2.77. The van der Waals surface area contributed by atoms with Crippen LogP contribution in [0.5, 0.6) is 0 Å². The standard InChI is InChI=1S/C10H15N7O/c1-10(2,3-6(11)18)16-7-5-4-13-17-8(5)15-9(12)14-7/h4H,3H2,1-2H3,(H2,11,18)(H4,12,13,14,15,16,17). The number of amides is 1. The molecule has 8 heteroatoms. The maximum absolute atomic E-state index is 11.0.